The molecule has 0 saturated heterocycles. The van der Waals surface area contributed by atoms with Crippen LogP contribution in [0.1, 0.15) is 45.7 Å². The molecule has 3 aromatic rings. The number of hydrogen-bond acceptors (Lipinski definition) is 5. The van der Waals surface area contributed by atoms with Crippen molar-refractivity contribution in [3.8, 4) is 5.75 Å². The molecule has 1 aromatic heterocycles. The standard InChI is InChI=1S/C24H26N2O4S2/c1-4-20-19-12-14-31-22(19)11-13-26(20)24(27)17-7-10-21(30-3)23(15-17)32(28,29)25-18-8-5-16(2)6-9-18/h5-10,12,14-15,20,25H,4,11,13H2,1-3H3/t20-/m0/s1. The minimum atomic E-state index is -3.96. The highest BCUT2D eigenvalue weighted by Crippen LogP contribution is 2.36. The molecule has 1 aliphatic rings. The van der Waals surface area contributed by atoms with Crippen molar-refractivity contribution in [3.05, 3.63) is 75.5 Å². The number of benzene rings is 2. The first-order valence-corrected chi connectivity index (χ1v) is 12.8. The molecule has 6 nitrogen and oxygen atoms in total. The van der Waals surface area contributed by atoms with E-state index in [0.717, 1.165) is 18.4 Å². The largest absolute Gasteiger partial charge is 0.495 e. The van der Waals surface area contributed by atoms with Gasteiger partial charge in [-0.15, -0.1) is 11.3 Å². The molecule has 2 heterocycles. The second-order valence-corrected chi connectivity index (χ2v) is 10.5. The lowest BCUT2D eigenvalue weighted by Gasteiger charge is -2.35. The molecule has 1 amide bonds. The molecule has 0 aliphatic carbocycles. The van der Waals surface area contributed by atoms with E-state index in [1.807, 2.05) is 24.0 Å². The summed E-state index contributed by atoms with van der Waals surface area (Å²) in [5, 5.41) is 2.07. The van der Waals surface area contributed by atoms with Gasteiger partial charge in [0.1, 0.15) is 10.6 Å². The third-order valence-electron chi connectivity index (χ3n) is 5.75. The Bertz CT molecular complexity index is 1230. The Morgan fingerprint density at radius 2 is 1.94 bits per heavy atom. The van der Waals surface area contributed by atoms with Crippen LogP contribution >= 0.6 is 11.3 Å². The number of carbonyl (C=O) groups is 1. The summed E-state index contributed by atoms with van der Waals surface area (Å²) in [5.74, 6) is 0.00936. The van der Waals surface area contributed by atoms with E-state index in [9.17, 15) is 13.2 Å². The summed E-state index contributed by atoms with van der Waals surface area (Å²) in [4.78, 5) is 16.6. The van der Waals surface area contributed by atoms with Crippen molar-refractivity contribution in [1.29, 1.82) is 0 Å². The third-order valence-corrected chi connectivity index (χ3v) is 8.15. The van der Waals surface area contributed by atoms with Crippen LogP contribution in [0.2, 0.25) is 0 Å². The number of thiophene rings is 1. The van der Waals surface area contributed by atoms with Gasteiger partial charge in [-0.05, 0) is 67.1 Å². The Labute approximate surface area is 192 Å². The van der Waals surface area contributed by atoms with Crippen molar-refractivity contribution in [1.82, 2.24) is 4.90 Å². The molecule has 1 atom stereocenters. The Kier molecular flexibility index (Phi) is 6.26. The van der Waals surface area contributed by atoms with E-state index in [-0.39, 0.29) is 22.6 Å². The van der Waals surface area contributed by atoms with E-state index in [4.69, 9.17) is 4.74 Å². The summed E-state index contributed by atoms with van der Waals surface area (Å²) in [6.45, 7) is 4.60. The average molecular weight is 471 g/mol. The fourth-order valence-electron chi connectivity index (χ4n) is 4.10. The first kappa shape index (κ1) is 22.4. The number of rotatable bonds is 6. The second-order valence-electron chi connectivity index (χ2n) is 7.81. The molecule has 0 unspecified atom stereocenters. The topological polar surface area (TPSA) is 75.7 Å². The second kappa shape index (κ2) is 8.96. The van der Waals surface area contributed by atoms with Crippen LogP contribution < -0.4 is 9.46 Å². The zero-order valence-corrected chi connectivity index (χ0v) is 19.9. The van der Waals surface area contributed by atoms with Crippen LogP contribution in [0.4, 0.5) is 5.69 Å². The Balaban J connectivity index is 1.67. The molecule has 8 heteroatoms. The van der Waals surface area contributed by atoms with Gasteiger partial charge in [0.2, 0.25) is 0 Å². The quantitative estimate of drug-likeness (QED) is 0.549. The third kappa shape index (κ3) is 4.25. The van der Waals surface area contributed by atoms with Crippen LogP contribution in [-0.4, -0.2) is 32.9 Å². The zero-order chi connectivity index (χ0) is 22.9. The molecule has 4 rings (SSSR count). The van der Waals surface area contributed by atoms with Crippen molar-refractivity contribution >= 4 is 33.0 Å². The van der Waals surface area contributed by atoms with Gasteiger partial charge in [0.15, 0.2) is 0 Å². The van der Waals surface area contributed by atoms with Crippen LogP contribution in [0.15, 0.2) is 58.8 Å². The first-order valence-electron chi connectivity index (χ1n) is 10.5. The number of aryl methyl sites for hydroxylation is 1. The molecule has 0 bridgehead atoms. The lowest BCUT2D eigenvalue weighted by Crippen LogP contribution is -2.39. The number of methoxy groups -OCH3 is 1. The monoisotopic (exact) mass is 470 g/mol. The number of ether oxygens (including phenoxy) is 1. The van der Waals surface area contributed by atoms with Gasteiger partial charge >= 0.3 is 0 Å². The molecule has 168 valence electrons. The van der Waals surface area contributed by atoms with Crippen molar-refractivity contribution in [2.24, 2.45) is 0 Å². The fraction of sp³-hybridized carbons (Fsp3) is 0.292. The SMILES string of the molecule is CC[C@H]1c2ccsc2CCN1C(=O)c1ccc(OC)c(S(=O)(=O)Nc2ccc(C)cc2)c1. The van der Waals surface area contributed by atoms with Gasteiger partial charge in [-0.3, -0.25) is 9.52 Å². The molecule has 0 radical (unpaired) electrons. The molecule has 0 saturated carbocycles. The zero-order valence-electron chi connectivity index (χ0n) is 18.3. The summed E-state index contributed by atoms with van der Waals surface area (Å²) in [6.07, 6.45) is 1.61. The number of fused-ring (bicyclic) bond motifs is 1. The van der Waals surface area contributed by atoms with Crippen molar-refractivity contribution in [2.75, 3.05) is 18.4 Å². The highest BCUT2D eigenvalue weighted by molar-refractivity contribution is 7.92. The summed E-state index contributed by atoms with van der Waals surface area (Å²) < 4.78 is 34.2. The number of carbonyl (C=O) groups excluding carboxylic acids is 1. The minimum absolute atomic E-state index is 0.00894. The normalized spacial score (nSPS) is 15.8. The molecule has 2 aromatic carbocycles. The minimum Gasteiger partial charge on any atom is -0.495 e. The van der Waals surface area contributed by atoms with Gasteiger partial charge in [0.05, 0.1) is 13.2 Å². The fourth-order valence-corrected chi connectivity index (χ4v) is 6.28. The summed E-state index contributed by atoms with van der Waals surface area (Å²) in [7, 11) is -2.54. The van der Waals surface area contributed by atoms with Gasteiger partial charge in [0.25, 0.3) is 15.9 Å². The average Bonchev–Trinajstić information content (AvgIpc) is 3.28. The summed E-state index contributed by atoms with van der Waals surface area (Å²) in [5.41, 5.74) is 2.99. The van der Waals surface area contributed by atoms with E-state index < -0.39 is 10.0 Å². The van der Waals surface area contributed by atoms with Crippen LogP contribution in [0.25, 0.3) is 0 Å². The lowest BCUT2D eigenvalue weighted by atomic mass is 9.97. The van der Waals surface area contributed by atoms with Crippen molar-refractivity contribution in [3.63, 3.8) is 0 Å². The van der Waals surface area contributed by atoms with Crippen LogP contribution in [0.3, 0.4) is 0 Å². The van der Waals surface area contributed by atoms with E-state index in [0.29, 0.717) is 17.8 Å². The molecule has 0 spiro atoms. The molecule has 1 aliphatic heterocycles. The lowest BCUT2D eigenvalue weighted by molar-refractivity contribution is 0.0657. The summed E-state index contributed by atoms with van der Waals surface area (Å²) >= 11 is 1.72. The van der Waals surface area contributed by atoms with E-state index in [1.165, 1.54) is 29.7 Å². The molecular weight excluding hydrogens is 444 g/mol. The number of nitrogens with zero attached hydrogens (tertiary/aromatic N) is 1. The van der Waals surface area contributed by atoms with Crippen molar-refractivity contribution in [2.45, 2.75) is 37.6 Å². The van der Waals surface area contributed by atoms with E-state index >= 15 is 0 Å². The Morgan fingerprint density at radius 1 is 1.19 bits per heavy atom. The predicted molar refractivity (Wildman–Crippen MR) is 127 cm³/mol. The Hall–Kier alpha value is -2.84. The van der Waals surface area contributed by atoms with Crippen LogP contribution in [0.5, 0.6) is 5.75 Å². The highest BCUT2D eigenvalue weighted by atomic mass is 32.2. The number of anilines is 1. The van der Waals surface area contributed by atoms with Gasteiger partial charge in [-0.25, -0.2) is 8.42 Å². The highest BCUT2D eigenvalue weighted by Gasteiger charge is 2.32. The number of sulfonamides is 1. The van der Waals surface area contributed by atoms with E-state index in [2.05, 4.69) is 23.1 Å². The molecule has 32 heavy (non-hydrogen) atoms. The maximum atomic E-state index is 13.4. The number of hydrogen-bond donors (Lipinski definition) is 1. The molecule has 0 fully saturated rings. The van der Waals surface area contributed by atoms with Gasteiger partial charge < -0.3 is 9.64 Å². The predicted octanol–water partition coefficient (Wildman–Crippen LogP) is 5.02. The Morgan fingerprint density at radius 3 is 2.62 bits per heavy atom. The summed E-state index contributed by atoms with van der Waals surface area (Å²) in [6, 6.07) is 13.7. The number of amides is 1. The van der Waals surface area contributed by atoms with Gasteiger partial charge in [-0.1, -0.05) is 24.6 Å². The maximum Gasteiger partial charge on any atom is 0.265 e. The van der Waals surface area contributed by atoms with E-state index in [1.54, 1.807) is 29.5 Å². The smallest absolute Gasteiger partial charge is 0.265 e. The first-order chi connectivity index (χ1) is 15.3. The van der Waals surface area contributed by atoms with Crippen molar-refractivity contribution < 1.29 is 17.9 Å². The van der Waals surface area contributed by atoms with Gasteiger partial charge in [0, 0.05) is 22.7 Å². The molecular formula is C24H26N2O4S2. The van der Waals surface area contributed by atoms with Crippen LogP contribution in [-0.2, 0) is 16.4 Å². The van der Waals surface area contributed by atoms with Crippen LogP contribution in [0, 0.1) is 6.92 Å². The van der Waals surface area contributed by atoms with Gasteiger partial charge in [-0.2, -0.15) is 0 Å². The molecule has 1 N–H and O–H groups in total. The number of nitrogens with one attached hydrogen (secondary N) is 1. The maximum absolute atomic E-state index is 13.4.